The Kier molecular flexibility index (Phi) is 54.1. The number of carboxylic acids is 1. The zero-order valence-electron chi connectivity index (χ0n) is 63.7. The summed E-state index contributed by atoms with van der Waals surface area (Å²) in [5, 5.41) is 136. The molecular weight excluding hydrogens is 1310 g/mol. The van der Waals surface area contributed by atoms with Crippen molar-refractivity contribution in [1.82, 2.24) is 10.6 Å². The molecule has 23 nitrogen and oxygen atoms in total. The van der Waals surface area contributed by atoms with Crippen LogP contribution in [-0.4, -0.2) is 215 Å². The van der Waals surface area contributed by atoms with Crippen molar-refractivity contribution in [3.63, 3.8) is 0 Å². The van der Waals surface area contributed by atoms with E-state index in [9.17, 15) is 75.7 Å². The molecule has 0 aliphatic carbocycles. The van der Waals surface area contributed by atoms with Crippen LogP contribution < -0.4 is 10.6 Å². The minimum absolute atomic E-state index is 0.230. The number of amides is 2. The second kappa shape index (κ2) is 58.7. The van der Waals surface area contributed by atoms with E-state index in [1.807, 2.05) is 0 Å². The monoisotopic (exact) mass is 1460 g/mol. The Morgan fingerprint density at radius 3 is 1.23 bits per heavy atom. The number of unbranched alkanes of at least 4 members (excludes halogenated alkanes) is 46. The number of aliphatic carboxylic acids is 1. The predicted molar refractivity (Wildman–Crippen MR) is 394 cm³/mol. The van der Waals surface area contributed by atoms with Crippen LogP contribution in [0.3, 0.4) is 0 Å². The van der Waals surface area contributed by atoms with E-state index in [1.54, 1.807) is 0 Å². The molecule has 102 heavy (non-hydrogen) atoms. The molecule has 3 heterocycles. The van der Waals surface area contributed by atoms with E-state index in [1.165, 1.54) is 250 Å². The first kappa shape index (κ1) is 93.9. The van der Waals surface area contributed by atoms with Gasteiger partial charge in [-0.05, 0) is 12.8 Å². The Balaban J connectivity index is 1.45. The van der Waals surface area contributed by atoms with Gasteiger partial charge in [0.25, 0.3) is 5.79 Å². The lowest BCUT2D eigenvalue weighted by Gasteiger charge is -2.50. The molecule has 602 valence electrons. The van der Waals surface area contributed by atoms with Gasteiger partial charge in [-0.25, -0.2) is 4.79 Å². The van der Waals surface area contributed by atoms with Crippen molar-refractivity contribution in [2.75, 3.05) is 26.4 Å². The zero-order chi connectivity index (χ0) is 74.6. The number of nitrogens with one attached hydrogen (secondary N) is 2. The van der Waals surface area contributed by atoms with Gasteiger partial charge in [0, 0.05) is 19.8 Å². The molecule has 2 amide bonds. The van der Waals surface area contributed by atoms with E-state index in [0.717, 1.165) is 51.9 Å². The molecule has 3 aliphatic rings. The number of carbonyl (C=O) groups is 3. The van der Waals surface area contributed by atoms with Gasteiger partial charge in [-0.2, -0.15) is 0 Å². The Bertz CT molecular complexity index is 2040. The van der Waals surface area contributed by atoms with Gasteiger partial charge in [0.2, 0.25) is 11.8 Å². The van der Waals surface area contributed by atoms with E-state index >= 15 is 0 Å². The molecule has 3 fully saturated rings. The van der Waals surface area contributed by atoms with E-state index in [4.69, 9.17) is 28.4 Å². The summed E-state index contributed by atoms with van der Waals surface area (Å²) in [4.78, 5) is 38.7. The summed E-state index contributed by atoms with van der Waals surface area (Å²) >= 11 is 0. The number of carboxylic acid groups (broad SMARTS) is 1. The number of ether oxygens (including phenoxy) is 6. The molecule has 0 aromatic rings. The molecule has 3 saturated heterocycles. The summed E-state index contributed by atoms with van der Waals surface area (Å²) in [5.74, 6) is -6.09. The number of carbonyl (C=O) groups excluding carboxylic acids is 2. The van der Waals surface area contributed by atoms with Crippen LogP contribution >= 0.6 is 0 Å². The van der Waals surface area contributed by atoms with E-state index in [2.05, 4.69) is 24.5 Å². The average molecular weight is 1460 g/mol. The van der Waals surface area contributed by atoms with Crippen molar-refractivity contribution < 1.29 is 104 Å². The molecule has 0 aromatic carbocycles. The maximum Gasteiger partial charge on any atom is 0.364 e. The van der Waals surface area contributed by atoms with Gasteiger partial charge in [0.05, 0.1) is 50.7 Å². The highest BCUT2D eigenvalue weighted by atomic mass is 16.8. The van der Waals surface area contributed by atoms with Crippen molar-refractivity contribution >= 4 is 17.8 Å². The minimum atomic E-state index is -3.08. The fourth-order valence-corrected chi connectivity index (χ4v) is 14.8. The summed E-state index contributed by atoms with van der Waals surface area (Å²) in [6.07, 6.45) is 32.6. The van der Waals surface area contributed by atoms with Crippen LogP contribution in [0.4, 0.5) is 0 Å². The fraction of sp³-hybridized carbons (Fsp3) is 0.962. The lowest BCUT2D eigenvalue weighted by atomic mass is 9.88. The van der Waals surface area contributed by atoms with Crippen LogP contribution in [0.25, 0.3) is 0 Å². The first-order valence-corrected chi connectivity index (χ1v) is 41.4. The molecule has 18 atom stereocenters. The standard InChI is InChI=1S/C79H150N2O21/c1-4-6-8-10-12-14-16-18-20-22-23-24-25-26-27-28-29-30-31-32-33-34-35-36-37-39-41-43-45-47-49-51-53-66(89)81-60(61(86)52-50-48-46-44-42-40-38-21-19-17-15-13-11-9-7-5-2)58-97-76-71(93)70(92)73(65(57-84)99-76)100-77-72(94)75(69(91)64(56-83)98-77)102-79(78(95)96)54-62(87)67(80-59(3)85)74(101-79)68(90)63(88)55-82/h60-65,67-77,82-84,86-88,90-94H,4-58H2,1-3H3,(H,80,85)(H,81,89)(H,95,96). The molecule has 0 aromatic heterocycles. The maximum atomic E-state index is 13.6. The summed E-state index contributed by atoms with van der Waals surface area (Å²) in [6.45, 7) is 2.26. The Hall–Kier alpha value is -2.27. The highest BCUT2D eigenvalue weighted by molar-refractivity contribution is 5.77. The van der Waals surface area contributed by atoms with Crippen LogP contribution in [0.1, 0.15) is 348 Å². The molecule has 0 saturated carbocycles. The summed E-state index contributed by atoms with van der Waals surface area (Å²) < 4.78 is 35.0. The van der Waals surface area contributed by atoms with Crippen LogP contribution in [0.5, 0.6) is 0 Å². The number of aliphatic hydroxyl groups is 11. The second-order valence-corrected chi connectivity index (χ2v) is 30.4. The quantitative estimate of drug-likeness (QED) is 0.0252. The lowest BCUT2D eigenvalue weighted by Crippen LogP contribution is -2.70. The van der Waals surface area contributed by atoms with E-state index in [0.29, 0.717) is 19.3 Å². The molecule has 0 bridgehead atoms. The maximum absolute atomic E-state index is 13.6. The SMILES string of the molecule is CCCCCCCCCCCCCCCCCCCCCCCCCCCCCCCCCCC(=O)NC(COC1OC(CO)C(OC2OC(CO)C(O)C(OC3(C(=O)O)CC(O)C(NC(C)=O)C(C(O)C(O)CO)O3)C2O)C(O)C1O)C(O)CCCCCCCCCCCCCCCCCC. The summed E-state index contributed by atoms with van der Waals surface area (Å²) in [6, 6.07) is -2.53. The van der Waals surface area contributed by atoms with Crippen LogP contribution in [0.15, 0.2) is 0 Å². The molecule has 0 spiro atoms. The Morgan fingerprint density at radius 1 is 0.471 bits per heavy atom. The van der Waals surface area contributed by atoms with Crippen LogP contribution in [0.2, 0.25) is 0 Å². The number of hydrogen-bond donors (Lipinski definition) is 14. The van der Waals surface area contributed by atoms with Crippen LogP contribution in [0, 0.1) is 0 Å². The topological polar surface area (TPSA) is 373 Å². The van der Waals surface area contributed by atoms with Crippen molar-refractivity contribution in [2.24, 2.45) is 0 Å². The summed E-state index contributed by atoms with van der Waals surface area (Å²) in [7, 11) is 0. The number of hydrogen-bond acceptors (Lipinski definition) is 20. The smallest absolute Gasteiger partial charge is 0.364 e. The highest BCUT2D eigenvalue weighted by Crippen LogP contribution is 2.39. The van der Waals surface area contributed by atoms with Gasteiger partial charge in [-0.3, -0.25) is 9.59 Å². The van der Waals surface area contributed by atoms with Crippen molar-refractivity contribution in [1.29, 1.82) is 0 Å². The largest absolute Gasteiger partial charge is 0.477 e. The van der Waals surface area contributed by atoms with Crippen molar-refractivity contribution in [3.05, 3.63) is 0 Å². The van der Waals surface area contributed by atoms with E-state index < -0.39 is 148 Å². The number of rotatable bonds is 66. The van der Waals surface area contributed by atoms with Gasteiger partial charge < -0.3 is 100 Å². The van der Waals surface area contributed by atoms with Crippen molar-refractivity contribution in [2.45, 2.75) is 458 Å². The Labute approximate surface area is 614 Å². The molecule has 3 aliphatic heterocycles. The van der Waals surface area contributed by atoms with Gasteiger partial charge in [-0.1, -0.05) is 316 Å². The minimum Gasteiger partial charge on any atom is -0.477 e. The number of aliphatic hydroxyl groups excluding tert-OH is 11. The van der Waals surface area contributed by atoms with Gasteiger partial charge >= 0.3 is 5.97 Å². The van der Waals surface area contributed by atoms with Gasteiger partial charge in [0.15, 0.2) is 12.6 Å². The third kappa shape index (κ3) is 38.7. The second-order valence-electron chi connectivity index (χ2n) is 30.4. The fourth-order valence-electron chi connectivity index (χ4n) is 14.8. The third-order valence-electron chi connectivity index (χ3n) is 21.3. The predicted octanol–water partition coefficient (Wildman–Crippen LogP) is 11.2. The molecule has 14 N–H and O–H groups in total. The van der Waals surface area contributed by atoms with Gasteiger partial charge in [0.1, 0.15) is 67.1 Å². The first-order valence-electron chi connectivity index (χ1n) is 41.4. The lowest BCUT2D eigenvalue weighted by molar-refractivity contribution is -0.386. The average Bonchev–Trinajstić information content (AvgIpc) is 0.756. The third-order valence-corrected chi connectivity index (χ3v) is 21.3. The first-order chi connectivity index (χ1) is 49.4. The zero-order valence-corrected chi connectivity index (χ0v) is 63.7. The van der Waals surface area contributed by atoms with Gasteiger partial charge in [-0.15, -0.1) is 0 Å². The summed E-state index contributed by atoms with van der Waals surface area (Å²) in [5.41, 5.74) is 0. The Morgan fingerprint density at radius 2 is 0.853 bits per heavy atom. The highest BCUT2D eigenvalue weighted by Gasteiger charge is 2.60. The molecule has 0 radical (unpaired) electrons. The van der Waals surface area contributed by atoms with Crippen molar-refractivity contribution in [3.8, 4) is 0 Å². The van der Waals surface area contributed by atoms with Crippen LogP contribution in [-0.2, 0) is 42.8 Å². The molecular formula is C79H150N2O21. The molecule has 3 rings (SSSR count). The molecule has 23 heteroatoms. The molecule has 18 unspecified atom stereocenters. The normalized spacial score (nSPS) is 26.6. The van der Waals surface area contributed by atoms with E-state index in [-0.39, 0.29) is 18.9 Å².